The van der Waals surface area contributed by atoms with Gasteiger partial charge in [-0.2, -0.15) is 0 Å². The summed E-state index contributed by atoms with van der Waals surface area (Å²) in [5.41, 5.74) is 1.58. The molecule has 198 valence electrons. The minimum absolute atomic E-state index is 0.0193. The van der Waals surface area contributed by atoms with Crippen molar-refractivity contribution in [3.63, 3.8) is 0 Å². The first kappa shape index (κ1) is 26.6. The first-order valence-electron chi connectivity index (χ1n) is 12.2. The Morgan fingerprint density at radius 1 is 0.868 bits per heavy atom. The molecular formula is C30H31NO7. The number of methoxy groups -OCH3 is 3. The van der Waals surface area contributed by atoms with Crippen LogP contribution in [0.5, 0.6) is 23.0 Å². The van der Waals surface area contributed by atoms with Crippen molar-refractivity contribution in [1.29, 1.82) is 0 Å². The molecule has 0 spiro atoms. The summed E-state index contributed by atoms with van der Waals surface area (Å²) in [5.74, 6) is 0.129. The molecule has 4 rings (SSSR count). The van der Waals surface area contributed by atoms with Crippen molar-refractivity contribution < 1.29 is 33.6 Å². The summed E-state index contributed by atoms with van der Waals surface area (Å²) in [6, 6.07) is 18.5. The number of nitrogens with zero attached hydrogens (tertiary/aromatic N) is 1. The average molecular weight is 518 g/mol. The molecule has 3 aromatic rings. The molecule has 1 aliphatic rings. The highest BCUT2D eigenvalue weighted by atomic mass is 16.5. The van der Waals surface area contributed by atoms with Crippen LogP contribution in [0.15, 0.2) is 72.3 Å². The third kappa shape index (κ3) is 5.29. The van der Waals surface area contributed by atoms with Crippen molar-refractivity contribution in [3.05, 3.63) is 89.0 Å². The van der Waals surface area contributed by atoms with Gasteiger partial charge >= 0.3 is 0 Å². The van der Waals surface area contributed by atoms with Crippen molar-refractivity contribution in [1.82, 2.24) is 4.90 Å². The monoisotopic (exact) mass is 517 g/mol. The minimum Gasteiger partial charge on any atom is -0.507 e. The number of carbonyl (C=O) groups excluding carboxylic acids is 2. The van der Waals surface area contributed by atoms with Crippen LogP contribution in [0.1, 0.15) is 36.6 Å². The van der Waals surface area contributed by atoms with E-state index < -0.39 is 17.7 Å². The lowest BCUT2D eigenvalue weighted by Crippen LogP contribution is -2.29. The van der Waals surface area contributed by atoms with Gasteiger partial charge in [-0.1, -0.05) is 24.3 Å². The van der Waals surface area contributed by atoms with Gasteiger partial charge in [0.25, 0.3) is 11.7 Å². The number of rotatable bonds is 9. The molecule has 1 atom stereocenters. The largest absolute Gasteiger partial charge is 0.507 e. The lowest BCUT2D eigenvalue weighted by atomic mass is 9.94. The number of aliphatic hydroxyl groups is 1. The lowest BCUT2D eigenvalue weighted by Gasteiger charge is -2.26. The third-order valence-corrected chi connectivity index (χ3v) is 6.23. The number of benzene rings is 3. The van der Waals surface area contributed by atoms with Crippen LogP contribution >= 0.6 is 0 Å². The number of Topliss-reactive ketones (excluding diaryl/α,β-unsaturated/α-hetero) is 1. The van der Waals surface area contributed by atoms with Crippen molar-refractivity contribution in [2.75, 3.05) is 21.3 Å². The molecular weight excluding hydrogens is 486 g/mol. The number of ether oxygens (including phenoxy) is 4. The predicted octanol–water partition coefficient (Wildman–Crippen LogP) is 5.12. The van der Waals surface area contributed by atoms with Gasteiger partial charge in [-0.25, -0.2) is 0 Å². The maximum absolute atomic E-state index is 13.5. The van der Waals surface area contributed by atoms with Crippen LogP contribution in [0.4, 0.5) is 0 Å². The SMILES string of the molecule is COc1cccc(C2/C(=C(\O)c3cc(OC)ccc3OC)C(=O)C(=O)N2Cc2cccc(OC(C)C)c2)c1. The molecule has 8 nitrogen and oxygen atoms in total. The first-order chi connectivity index (χ1) is 18.3. The highest BCUT2D eigenvalue weighted by Gasteiger charge is 2.46. The minimum atomic E-state index is -0.879. The van der Waals surface area contributed by atoms with E-state index in [0.29, 0.717) is 28.6 Å². The summed E-state index contributed by atoms with van der Waals surface area (Å²) < 4.78 is 22.0. The summed E-state index contributed by atoms with van der Waals surface area (Å²) in [6.45, 7) is 3.98. The summed E-state index contributed by atoms with van der Waals surface area (Å²) in [5, 5.41) is 11.5. The van der Waals surface area contributed by atoms with E-state index in [-0.39, 0.29) is 29.5 Å². The van der Waals surface area contributed by atoms with Gasteiger partial charge in [-0.15, -0.1) is 0 Å². The molecule has 8 heteroatoms. The fourth-order valence-electron chi connectivity index (χ4n) is 4.53. The van der Waals surface area contributed by atoms with E-state index in [4.69, 9.17) is 18.9 Å². The summed E-state index contributed by atoms with van der Waals surface area (Å²) in [4.78, 5) is 28.4. The van der Waals surface area contributed by atoms with Gasteiger partial charge in [0.05, 0.1) is 44.6 Å². The fourth-order valence-corrected chi connectivity index (χ4v) is 4.53. The molecule has 0 saturated carbocycles. The van der Waals surface area contributed by atoms with Crippen LogP contribution in [-0.4, -0.2) is 49.1 Å². The quantitative estimate of drug-likeness (QED) is 0.239. The Hall–Kier alpha value is -4.46. The highest BCUT2D eigenvalue weighted by molar-refractivity contribution is 6.46. The smallest absolute Gasteiger partial charge is 0.295 e. The molecule has 1 unspecified atom stereocenters. The Bertz CT molecular complexity index is 1380. The van der Waals surface area contributed by atoms with Gasteiger partial charge < -0.3 is 29.0 Å². The highest BCUT2D eigenvalue weighted by Crippen LogP contribution is 2.43. The Morgan fingerprint density at radius 2 is 1.55 bits per heavy atom. The zero-order valence-electron chi connectivity index (χ0n) is 22.1. The molecule has 1 aliphatic heterocycles. The van der Waals surface area contributed by atoms with E-state index in [1.807, 2.05) is 38.1 Å². The zero-order valence-corrected chi connectivity index (χ0v) is 22.1. The lowest BCUT2D eigenvalue weighted by molar-refractivity contribution is -0.140. The molecule has 1 saturated heterocycles. The Morgan fingerprint density at radius 3 is 2.24 bits per heavy atom. The average Bonchev–Trinajstić information content (AvgIpc) is 3.17. The zero-order chi connectivity index (χ0) is 27.4. The maximum Gasteiger partial charge on any atom is 0.295 e. The fraction of sp³-hybridized carbons (Fsp3) is 0.267. The van der Waals surface area contributed by atoms with Crippen molar-refractivity contribution in [2.24, 2.45) is 0 Å². The molecule has 1 heterocycles. The van der Waals surface area contributed by atoms with Crippen molar-refractivity contribution in [3.8, 4) is 23.0 Å². The second-order valence-electron chi connectivity index (χ2n) is 9.08. The summed E-state index contributed by atoms with van der Waals surface area (Å²) in [7, 11) is 4.50. The van der Waals surface area contributed by atoms with Crippen LogP contribution < -0.4 is 18.9 Å². The van der Waals surface area contributed by atoms with E-state index in [1.165, 1.54) is 26.2 Å². The number of likely N-dealkylation sites (tertiary alicyclic amines) is 1. The van der Waals surface area contributed by atoms with Crippen LogP contribution in [0.25, 0.3) is 5.76 Å². The maximum atomic E-state index is 13.5. The standard InChI is InChI=1S/C30H31NO7/c1-18(2)38-23-11-6-8-19(14-23)17-31-27(20-9-7-10-21(15-20)35-3)26(29(33)30(31)34)28(32)24-16-22(36-4)12-13-25(24)37-5/h6-16,18,27,32H,17H2,1-5H3/b28-26+. The molecule has 0 radical (unpaired) electrons. The topological polar surface area (TPSA) is 94.5 Å². The second-order valence-corrected chi connectivity index (χ2v) is 9.08. The number of amides is 1. The molecule has 3 aromatic carbocycles. The normalized spacial score (nSPS) is 16.6. The summed E-state index contributed by atoms with van der Waals surface area (Å²) >= 11 is 0. The molecule has 0 aliphatic carbocycles. The molecule has 1 fully saturated rings. The van der Waals surface area contributed by atoms with Crippen molar-refractivity contribution >= 4 is 17.4 Å². The van der Waals surface area contributed by atoms with Gasteiger partial charge in [-0.05, 0) is 67.4 Å². The van der Waals surface area contributed by atoms with E-state index in [1.54, 1.807) is 42.5 Å². The Labute approximate surface area is 222 Å². The first-order valence-corrected chi connectivity index (χ1v) is 12.2. The second kappa shape index (κ2) is 11.3. The van der Waals surface area contributed by atoms with Crippen LogP contribution in [-0.2, 0) is 16.1 Å². The van der Waals surface area contributed by atoms with E-state index in [9.17, 15) is 14.7 Å². The summed E-state index contributed by atoms with van der Waals surface area (Å²) in [6.07, 6.45) is -0.0193. The van der Waals surface area contributed by atoms with Gasteiger partial charge in [0.2, 0.25) is 0 Å². The number of aliphatic hydroxyl groups excluding tert-OH is 1. The Kier molecular flexibility index (Phi) is 7.90. The van der Waals surface area contributed by atoms with Crippen LogP contribution in [0, 0.1) is 0 Å². The molecule has 38 heavy (non-hydrogen) atoms. The molecule has 1 amide bonds. The molecule has 0 bridgehead atoms. The van der Waals surface area contributed by atoms with Gasteiger partial charge in [0.1, 0.15) is 28.8 Å². The predicted molar refractivity (Wildman–Crippen MR) is 143 cm³/mol. The van der Waals surface area contributed by atoms with Gasteiger partial charge in [-0.3, -0.25) is 9.59 Å². The third-order valence-electron chi connectivity index (χ3n) is 6.23. The van der Waals surface area contributed by atoms with E-state index in [2.05, 4.69) is 0 Å². The van der Waals surface area contributed by atoms with Crippen molar-refractivity contribution in [2.45, 2.75) is 32.5 Å². The van der Waals surface area contributed by atoms with E-state index >= 15 is 0 Å². The number of carbonyl (C=O) groups is 2. The van der Waals surface area contributed by atoms with E-state index in [0.717, 1.165) is 5.56 Å². The number of ketones is 1. The van der Waals surface area contributed by atoms with Crippen LogP contribution in [0.3, 0.4) is 0 Å². The number of hydrogen-bond acceptors (Lipinski definition) is 7. The Balaban J connectivity index is 1.88. The number of hydrogen-bond donors (Lipinski definition) is 1. The molecule has 0 aromatic heterocycles. The molecule has 1 N–H and O–H groups in total. The van der Waals surface area contributed by atoms with Gasteiger partial charge in [0, 0.05) is 6.54 Å². The van der Waals surface area contributed by atoms with Crippen LogP contribution in [0.2, 0.25) is 0 Å². The van der Waals surface area contributed by atoms with Gasteiger partial charge in [0.15, 0.2) is 0 Å².